The number of carbonyl (C=O) groups is 1. The maximum absolute atomic E-state index is 13.6. The molecule has 3 aromatic heterocycles. The number of nitrogens with one attached hydrogen (secondary N) is 1. The predicted molar refractivity (Wildman–Crippen MR) is 117 cm³/mol. The number of ketones is 1. The summed E-state index contributed by atoms with van der Waals surface area (Å²) < 4.78 is 1.83. The Kier molecular flexibility index (Phi) is 4.92. The molecule has 1 aliphatic heterocycles. The van der Waals surface area contributed by atoms with Crippen LogP contribution < -0.4 is 0 Å². The number of nitrogens with zero attached hydrogens (tertiary/aromatic N) is 4. The third-order valence-corrected chi connectivity index (χ3v) is 5.91. The Labute approximate surface area is 183 Å². The molecule has 1 atom stereocenters. The minimum atomic E-state index is -0.418. The Morgan fingerprint density at radius 2 is 2.13 bits per heavy atom. The summed E-state index contributed by atoms with van der Waals surface area (Å²) in [7, 11) is 0. The minimum absolute atomic E-state index is 0.0343. The molecule has 8 heteroatoms. The average molecular weight is 434 g/mol. The number of Topliss-reactive ketones (excluding diaryl/α,β-unsaturated/α-hetero) is 1. The van der Waals surface area contributed by atoms with E-state index in [0.717, 1.165) is 33.3 Å². The molecule has 1 aliphatic rings. The van der Waals surface area contributed by atoms with Crippen LogP contribution in [0.15, 0.2) is 59.9 Å². The van der Waals surface area contributed by atoms with Crippen molar-refractivity contribution in [2.24, 2.45) is 0 Å². The number of hydrogen-bond acceptors (Lipinski definition) is 5. The normalized spacial score (nSPS) is 16.0. The second-order valence-corrected chi connectivity index (χ2v) is 8.20. The molecule has 0 fully saturated rings. The van der Waals surface area contributed by atoms with Gasteiger partial charge in [-0.3, -0.25) is 14.6 Å². The van der Waals surface area contributed by atoms with Gasteiger partial charge in [-0.25, -0.2) is 4.98 Å². The van der Waals surface area contributed by atoms with E-state index < -0.39 is 6.04 Å². The van der Waals surface area contributed by atoms with Crippen molar-refractivity contribution >= 4 is 28.3 Å². The number of fused-ring (bicyclic) bond motifs is 2. The molecule has 0 bridgehead atoms. The van der Waals surface area contributed by atoms with Crippen LogP contribution in [0.1, 0.15) is 35.5 Å². The summed E-state index contributed by atoms with van der Waals surface area (Å²) in [5, 5.41) is 22.5. The van der Waals surface area contributed by atoms with Gasteiger partial charge >= 0.3 is 0 Å². The van der Waals surface area contributed by atoms with Crippen molar-refractivity contribution in [2.75, 3.05) is 0 Å². The van der Waals surface area contributed by atoms with Crippen molar-refractivity contribution in [2.45, 2.75) is 32.4 Å². The number of aliphatic hydroxyl groups excluding tert-OH is 1. The molecule has 0 radical (unpaired) electrons. The second-order valence-electron chi connectivity index (χ2n) is 7.81. The molecule has 0 aliphatic carbocycles. The number of hydrogen-bond donors (Lipinski definition) is 2. The van der Waals surface area contributed by atoms with Crippen LogP contribution in [0, 0.1) is 0 Å². The summed E-state index contributed by atoms with van der Waals surface area (Å²) in [4.78, 5) is 17.8. The zero-order valence-corrected chi connectivity index (χ0v) is 17.6. The Hall–Kier alpha value is -3.29. The van der Waals surface area contributed by atoms with E-state index in [4.69, 9.17) is 11.6 Å². The predicted octanol–water partition coefficient (Wildman–Crippen LogP) is 3.57. The van der Waals surface area contributed by atoms with Gasteiger partial charge in [0.05, 0.1) is 24.0 Å². The Balaban J connectivity index is 1.56. The fraction of sp³-hybridized carbons (Fsp3) is 0.217. The lowest BCUT2D eigenvalue weighted by atomic mass is 9.86. The van der Waals surface area contributed by atoms with Gasteiger partial charge in [0.2, 0.25) is 0 Å². The molecule has 4 aromatic rings. The standard InChI is InChI=1S/C23H20ClN5O2/c1-13-6-18-9-17(12-30)28-29(18)23(15-3-5-21(24)25-10-15)22(13)20(31)8-14-2-4-19-16(7-14)11-26-27-19/h2-5,7,9-11,23,30H,6,8,12H2,1H3,(H,26,27). The number of benzene rings is 1. The summed E-state index contributed by atoms with van der Waals surface area (Å²) in [6, 6.07) is 10.9. The third kappa shape index (κ3) is 3.56. The summed E-state index contributed by atoms with van der Waals surface area (Å²) in [5.41, 5.74) is 5.92. The molecule has 7 nitrogen and oxygen atoms in total. The number of H-pyrrole nitrogens is 1. The smallest absolute Gasteiger partial charge is 0.165 e. The van der Waals surface area contributed by atoms with E-state index in [1.54, 1.807) is 18.5 Å². The van der Waals surface area contributed by atoms with Crippen LogP contribution in [-0.2, 0) is 24.2 Å². The molecule has 2 N–H and O–H groups in total. The minimum Gasteiger partial charge on any atom is -0.390 e. The summed E-state index contributed by atoms with van der Waals surface area (Å²) in [6.45, 7) is 1.83. The van der Waals surface area contributed by atoms with Crippen LogP contribution in [-0.4, -0.2) is 35.9 Å². The molecular formula is C23H20ClN5O2. The summed E-state index contributed by atoms with van der Waals surface area (Å²) in [6.07, 6.45) is 4.31. The number of halogens is 1. The number of rotatable bonds is 5. The lowest BCUT2D eigenvalue weighted by Gasteiger charge is -2.29. The molecule has 31 heavy (non-hydrogen) atoms. The van der Waals surface area contributed by atoms with Crippen LogP contribution >= 0.6 is 11.6 Å². The van der Waals surface area contributed by atoms with E-state index in [9.17, 15) is 9.90 Å². The van der Waals surface area contributed by atoms with Gasteiger partial charge in [0.15, 0.2) is 5.78 Å². The Morgan fingerprint density at radius 3 is 2.90 bits per heavy atom. The molecule has 0 amide bonds. The first kappa shape index (κ1) is 19.7. The van der Waals surface area contributed by atoms with Crippen LogP contribution in [0.25, 0.3) is 10.9 Å². The highest BCUT2D eigenvalue weighted by Gasteiger charge is 2.33. The quantitative estimate of drug-likeness (QED) is 0.469. The first-order valence-corrected chi connectivity index (χ1v) is 10.4. The number of aliphatic hydroxyl groups is 1. The van der Waals surface area contributed by atoms with Gasteiger partial charge in [-0.15, -0.1) is 0 Å². The Morgan fingerprint density at radius 1 is 1.26 bits per heavy atom. The second kappa shape index (κ2) is 7.76. The van der Waals surface area contributed by atoms with Crippen LogP contribution in [0.4, 0.5) is 0 Å². The number of allylic oxidation sites excluding steroid dienone is 2. The lowest BCUT2D eigenvalue weighted by molar-refractivity contribution is -0.115. The van der Waals surface area contributed by atoms with E-state index in [0.29, 0.717) is 22.8 Å². The molecule has 0 saturated heterocycles. The van der Waals surface area contributed by atoms with Gasteiger partial charge in [0.1, 0.15) is 11.2 Å². The summed E-state index contributed by atoms with van der Waals surface area (Å²) in [5.74, 6) is 0.0343. The van der Waals surface area contributed by atoms with E-state index in [2.05, 4.69) is 20.3 Å². The molecule has 1 unspecified atom stereocenters. The van der Waals surface area contributed by atoms with Crippen molar-refractivity contribution in [3.63, 3.8) is 0 Å². The van der Waals surface area contributed by atoms with Gasteiger partial charge in [0, 0.05) is 35.7 Å². The molecule has 5 rings (SSSR count). The zero-order chi connectivity index (χ0) is 21.5. The van der Waals surface area contributed by atoms with Crippen LogP contribution in [0.5, 0.6) is 0 Å². The molecule has 1 aromatic carbocycles. The van der Waals surface area contributed by atoms with Crippen LogP contribution in [0.3, 0.4) is 0 Å². The maximum Gasteiger partial charge on any atom is 0.165 e. The zero-order valence-electron chi connectivity index (χ0n) is 16.8. The van der Waals surface area contributed by atoms with Gasteiger partial charge in [0.25, 0.3) is 0 Å². The molecule has 4 heterocycles. The van der Waals surface area contributed by atoms with Crippen LogP contribution in [0.2, 0.25) is 5.15 Å². The highest BCUT2D eigenvalue weighted by atomic mass is 35.5. The van der Waals surface area contributed by atoms with Gasteiger partial charge in [-0.05, 0) is 42.3 Å². The van der Waals surface area contributed by atoms with Crippen molar-refractivity contribution in [1.29, 1.82) is 0 Å². The van der Waals surface area contributed by atoms with Crippen molar-refractivity contribution in [3.8, 4) is 0 Å². The van der Waals surface area contributed by atoms with E-state index >= 15 is 0 Å². The van der Waals surface area contributed by atoms with Crippen molar-refractivity contribution in [1.82, 2.24) is 25.0 Å². The number of aromatic amines is 1. The SMILES string of the molecule is CC1=C(C(=O)Cc2ccc3[nH]ncc3c2)C(c2ccc(Cl)nc2)n2nc(CO)cc2C1. The number of aromatic nitrogens is 5. The first-order chi connectivity index (χ1) is 15.0. The molecule has 0 saturated carbocycles. The summed E-state index contributed by atoms with van der Waals surface area (Å²) >= 11 is 6.00. The molecule has 156 valence electrons. The number of carbonyl (C=O) groups excluding carboxylic acids is 1. The maximum atomic E-state index is 13.6. The van der Waals surface area contributed by atoms with E-state index in [-0.39, 0.29) is 18.8 Å². The van der Waals surface area contributed by atoms with E-state index in [1.807, 2.05) is 41.9 Å². The van der Waals surface area contributed by atoms with E-state index in [1.165, 1.54) is 0 Å². The molecular weight excluding hydrogens is 414 g/mol. The van der Waals surface area contributed by atoms with Crippen molar-refractivity contribution < 1.29 is 9.90 Å². The fourth-order valence-corrected chi connectivity index (χ4v) is 4.39. The highest BCUT2D eigenvalue weighted by molar-refractivity contribution is 6.29. The monoisotopic (exact) mass is 433 g/mol. The third-order valence-electron chi connectivity index (χ3n) is 5.69. The largest absolute Gasteiger partial charge is 0.390 e. The highest BCUT2D eigenvalue weighted by Crippen LogP contribution is 2.36. The van der Waals surface area contributed by atoms with Gasteiger partial charge < -0.3 is 5.11 Å². The van der Waals surface area contributed by atoms with Gasteiger partial charge in [-0.1, -0.05) is 29.3 Å². The lowest BCUT2D eigenvalue weighted by Crippen LogP contribution is -2.28. The average Bonchev–Trinajstić information content (AvgIpc) is 3.39. The molecule has 0 spiro atoms. The Bertz CT molecular complexity index is 1320. The number of pyridine rings is 1. The topological polar surface area (TPSA) is 96.7 Å². The fourth-order valence-electron chi connectivity index (χ4n) is 4.28. The van der Waals surface area contributed by atoms with Crippen molar-refractivity contribution in [3.05, 3.63) is 87.6 Å². The first-order valence-electron chi connectivity index (χ1n) is 9.98. The van der Waals surface area contributed by atoms with Gasteiger partial charge in [-0.2, -0.15) is 10.2 Å².